The van der Waals surface area contributed by atoms with Crippen molar-refractivity contribution in [3.63, 3.8) is 0 Å². The summed E-state index contributed by atoms with van der Waals surface area (Å²) in [6.07, 6.45) is 7.32. The highest BCUT2D eigenvalue weighted by atomic mass is 17.3. The topological polar surface area (TPSA) is 129 Å². The second-order valence-electron chi connectivity index (χ2n) is 16.6. The van der Waals surface area contributed by atoms with E-state index in [4.69, 9.17) is 44.3 Å². The Kier molecular flexibility index (Phi) is 7.54. The van der Waals surface area contributed by atoms with Gasteiger partial charge in [0.1, 0.15) is 0 Å². The number of hydrazine groups is 1. The highest BCUT2D eigenvalue weighted by Gasteiger charge is 2.71. The van der Waals surface area contributed by atoms with Gasteiger partial charge >= 0.3 is 0 Å². The van der Waals surface area contributed by atoms with E-state index in [1.54, 1.807) is 0 Å². The van der Waals surface area contributed by atoms with Crippen LogP contribution < -0.4 is 11.3 Å². The first-order chi connectivity index (χ1) is 21.4. The fraction of sp³-hybridized carbons (Fsp3) is 0.971. The van der Waals surface area contributed by atoms with Gasteiger partial charge in [-0.3, -0.25) is 10.2 Å². The Balaban J connectivity index is 1.05. The lowest BCUT2D eigenvalue weighted by atomic mass is 9.56. The lowest BCUT2D eigenvalue weighted by Gasteiger charge is -2.61. The summed E-state index contributed by atoms with van der Waals surface area (Å²) in [5, 5.41) is 0. The number of ether oxygens (including phenoxy) is 4. The van der Waals surface area contributed by atoms with Gasteiger partial charge in [-0.15, -0.1) is 0 Å². The van der Waals surface area contributed by atoms with Crippen molar-refractivity contribution in [1.29, 1.82) is 0 Å². The molecule has 4 bridgehead atoms. The molecule has 8 aliphatic heterocycles. The molecule has 0 aromatic rings. The molecule has 2 aliphatic carbocycles. The molecule has 10 aliphatic rings. The second kappa shape index (κ2) is 10.8. The van der Waals surface area contributed by atoms with Crippen molar-refractivity contribution in [2.45, 2.75) is 153 Å². The largest absolute Gasteiger partial charge is 0.346 e. The fourth-order valence-electron chi connectivity index (χ4n) is 11.5. The molecule has 2 spiro atoms. The van der Waals surface area contributed by atoms with Crippen molar-refractivity contribution in [2.24, 2.45) is 59.1 Å². The Hall–Kier alpha value is -0.890. The summed E-state index contributed by atoms with van der Waals surface area (Å²) in [4.78, 5) is 38.2. The van der Waals surface area contributed by atoms with E-state index in [1.807, 2.05) is 13.8 Å². The van der Waals surface area contributed by atoms with Gasteiger partial charge in [0.25, 0.3) is 0 Å². The number of carbonyl (C=O) groups excluding carboxylic acids is 1. The molecule has 3 N–H and O–H groups in total. The fourth-order valence-corrected chi connectivity index (χ4v) is 11.5. The van der Waals surface area contributed by atoms with Gasteiger partial charge in [0.15, 0.2) is 23.8 Å². The van der Waals surface area contributed by atoms with Gasteiger partial charge < -0.3 is 18.9 Å². The average molecular weight is 635 g/mol. The quantitative estimate of drug-likeness (QED) is 0.187. The van der Waals surface area contributed by atoms with Crippen molar-refractivity contribution in [2.75, 3.05) is 0 Å². The molecule has 0 aromatic carbocycles. The van der Waals surface area contributed by atoms with Gasteiger partial charge in [-0.1, -0.05) is 27.7 Å². The minimum atomic E-state index is -0.839. The van der Waals surface area contributed by atoms with Crippen LogP contribution in [0.4, 0.5) is 0 Å². The third-order valence-corrected chi connectivity index (χ3v) is 14.1. The average Bonchev–Trinajstić information content (AvgIpc) is 3.39. The van der Waals surface area contributed by atoms with Crippen molar-refractivity contribution >= 4 is 5.91 Å². The summed E-state index contributed by atoms with van der Waals surface area (Å²) >= 11 is 0. The predicted molar refractivity (Wildman–Crippen MR) is 159 cm³/mol. The van der Waals surface area contributed by atoms with E-state index in [0.717, 1.165) is 51.4 Å². The van der Waals surface area contributed by atoms with E-state index in [0.29, 0.717) is 36.5 Å². The molecule has 1 amide bonds. The number of fused-ring (bicyclic) bond motifs is 4. The first-order valence-corrected chi connectivity index (χ1v) is 17.8. The standard InChI is InChI=1S/C34H54N2O9/c1-17-7-9-24-19(3)26(38-29-33(24)22(17)11-13-31(5,40-29)42-44-33)15-21(28(37)36-35)16-27-20(4)25-10-8-18(2)23-12-14-32(6)41-30(39-27)34(23,25)45-43-32/h17-27,29-30H,7-16,35H2,1-6H3,(H,36,37)/t17-,18-,19-,20-,21?,22?,23?,24+,25+,26-,27-,29-,30-,31+,32+,33-,34-/m1/s1. The highest BCUT2D eigenvalue weighted by molar-refractivity contribution is 5.78. The van der Waals surface area contributed by atoms with E-state index in [-0.39, 0.29) is 41.8 Å². The maximum atomic E-state index is 13.5. The molecule has 0 aromatic heterocycles. The molecule has 0 radical (unpaired) electrons. The molecule has 10 rings (SSSR count). The number of nitrogens with two attached hydrogens (primary N) is 1. The summed E-state index contributed by atoms with van der Waals surface area (Å²) in [6, 6.07) is 0. The van der Waals surface area contributed by atoms with E-state index in [9.17, 15) is 4.79 Å². The van der Waals surface area contributed by atoms with Crippen LogP contribution in [0.1, 0.15) is 106 Å². The van der Waals surface area contributed by atoms with Crippen molar-refractivity contribution in [3.8, 4) is 0 Å². The molecule has 2 unspecified atom stereocenters. The lowest BCUT2D eigenvalue weighted by molar-refractivity contribution is -0.571. The van der Waals surface area contributed by atoms with E-state index >= 15 is 0 Å². The van der Waals surface area contributed by atoms with Crippen LogP contribution in [0.3, 0.4) is 0 Å². The normalized spacial score (nSPS) is 57.2. The molecular weight excluding hydrogens is 580 g/mol. The molecule has 11 heteroatoms. The first kappa shape index (κ1) is 31.4. The maximum absolute atomic E-state index is 13.5. The van der Waals surface area contributed by atoms with Crippen molar-refractivity contribution in [1.82, 2.24) is 5.43 Å². The van der Waals surface area contributed by atoms with Crippen LogP contribution in [0.25, 0.3) is 0 Å². The van der Waals surface area contributed by atoms with E-state index < -0.39 is 41.3 Å². The molecule has 16 atom stereocenters. The van der Waals surface area contributed by atoms with Gasteiger partial charge in [-0.05, 0) is 101 Å². The van der Waals surface area contributed by atoms with Crippen LogP contribution in [0.15, 0.2) is 0 Å². The Bertz CT molecular complexity index is 1100. The van der Waals surface area contributed by atoms with E-state index in [2.05, 4.69) is 33.1 Å². The van der Waals surface area contributed by atoms with Crippen molar-refractivity contribution in [3.05, 3.63) is 0 Å². The monoisotopic (exact) mass is 634 g/mol. The predicted octanol–water partition coefficient (Wildman–Crippen LogP) is 4.87. The Morgan fingerprint density at radius 1 is 0.689 bits per heavy atom. The Labute approximate surface area is 267 Å². The highest BCUT2D eigenvalue weighted by Crippen LogP contribution is 2.63. The number of hydrogen-bond donors (Lipinski definition) is 2. The third kappa shape index (κ3) is 4.51. The minimum Gasteiger partial charge on any atom is -0.346 e. The maximum Gasteiger partial charge on any atom is 0.237 e. The van der Waals surface area contributed by atoms with Gasteiger partial charge in [-0.25, -0.2) is 25.4 Å². The number of carbonyl (C=O) groups is 1. The summed E-state index contributed by atoms with van der Waals surface area (Å²) in [5.74, 6) is 5.79. The van der Waals surface area contributed by atoms with Crippen LogP contribution in [0, 0.1) is 53.3 Å². The number of nitrogens with one attached hydrogen (secondary N) is 1. The van der Waals surface area contributed by atoms with Crippen molar-refractivity contribution < 1.29 is 43.3 Å². The molecular formula is C34H54N2O9. The Morgan fingerprint density at radius 3 is 1.56 bits per heavy atom. The molecule has 254 valence electrons. The zero-order chi connectivity index (χ0) is 31.5. The molecule has 10 fully saturated rings. The summed E-state index contributed by atoms with van der Waals surface area (Å²) < 4.78 is 26.9. The van der Waals surface area contributed by atoms with Crippen LogP contribution in [0.2, 0.25) is 0 Å². The number of hydrogen-bond acceptors (Lipinski definition) is 10. The molecule has 45 heavy (non-hydrogen) atoms. The first-order valence-electron chi connectivity index (χ1n) is 17.8. The van der Waals surface area contributed by atoms with Crippen LogP contribution >= 0.6 is 0 Å². The number of amides is 1. The minimum absolute atomic E-state index is 0.138. The molecule has 11 nitrogen and oxygen atoms in total. The van der Waals surface area contributed by atoms with Crippen LogP contribution in [-0.2, 0) is 43.3 Å². The Morgan fingerprint density at radius 2 is 1.13 bits per heavy atom. The summed E-state index contributed by atoms with van der Waals surface area (Å²) in [5.41, 5.74) is 1.20. The molecule has 2 saturated carbocycles. The summed E-state index contributed by atoms with van der Waals surface area (Å²) in [6.45, 7) is 13.0. The van der Waals surface area contributed by atoms with Gasteiger partial charge in [-0.2, -0.15) is 0 Å². The zero-order valence-electron chi connectivity index (χ0n) is 27.8. The smallest absolute Gasteiger partial charge is 0.237 e. The SMILES string of the molecule is C[C@H]1[C@@H](CC(C[C@H]2O[C@@H]3O[C@]4(C)CCC5[C@H](C)CC[C@@H]([C@H]2C)[C@]53OO4)C(=O)NN)O[C@@H]2O[C@]3(C)CCC4[C@H](C)CC[C@@H]1[C@]42OO3. The lowest BCUT2D eigenvalue weighted by Crippen LogP contribution is -2.70. The second-order valence-corrected chi connectivity index (χ2v) is 16.6. The zero-order valence-corrected chi connectivity index (χ0v) is 27.8. The van der Waals surface area contributed by atoms with Gasteiger partial charge in [0.2, 0.25) is 17.5 Å². The number of rotatable bonds is 5. The third-order valence-electron chi connectivity index (χ3n) is 14.1. The van der Waals surface area contributed by atoms with Crippen LogP contribution in [-0.4, -0.2) is 53.5 Å². The van der Waals surface area contributed by atoms with Crippen LogP contribution in [0.5, 0.6) is 0 Å². The molecule has 8 heterocycles. The molecule has 8 saturated heterocycles. The van der Waals surface area contributed by atoms with Gasteiger partial charge in [0.05, 0.1) is 12.2 Å². The summed E-state index contributed by atoms with van der Waals surface area (Å²) in [7, 11) is 0. The van der Waals surface area contributed by atoms with E-state index in [1.165, 1.54) is 0 Å². The van der Waals surface area contributed by atoms with Gasteiger partial charge in [0, 0.05) is 30.6 Å².